The van der Waals surface area contributed by atoms with Gasteiger partial charge in [-0.15, -0.1) is 10.2 Å². The van der Waals surface area contributed by atoms with Gasteiger partial charge in [-0.25, -0.2) is 0 Å². The fraction of sp³-hybridized carbons (Fsp3) is 0.588. The number of anilines is 1. The predicted molar refractivity (Wildman–Crippen MR) is 91.6 cm³/mol. The van der Waals surface area contributed by atoms with E-state index in [1.54, 1.807) is 6.92 Å². The first-order valence-electron chi connectivity index (χ1n) is 8.69. The Kier molecular flexibility index (Phi) is 3.94. The lowest BCUT2D eigenvalue weighted by atomic mass is 9.63. The Balaban J connectivity index is 1.52. The molecule has 1 N–H and O–H groups in total. The maximum atomic E-state index is 12.9. The fourth-order valence-electron chi connectivity index (χ4n) is 4.25. The second-order valence-corrected chi connectivity index (χ2v) is 7.97. The zero-order valence-corrected chi connectivity index (χ0v) is 15.0. The van der Waals surface area contributed by atoms with Crippen LogP contribution in [0.15, 0.2) is 12.2 Å². The van der Waals surface area contributed by atoms with Gasteiger partial charge in [-0.1, -0.05) is 30.4 Å². The molecule has 0 unspecified atom stereocenters. The Morgan fingerprint density at radius 1 is 1.24 bits per heavy atom. The molecule has 5 atom stereocenters. The molecule has 0 radical (unpaired) electrons. The van der Waals surface area contributed by atoms with Gasteiger partial charge in [0, 0.05) is 0 Å². The van der Waals surface area contributed by atoms with Crippen LogP contribution < -0.4 is 5.32 Å². The highest BCUT2D eigenvalue weighted by Crippen LogP contribution is 2.49. The number of likely N-dealkylation sites (tertiary alicyclic amines) is 1. The summed E-state index contributed by atoms with van der Waals surface area (Å²) in [4.78, 5) is 39.4. The summed E-state index contributed by atoms with van der Waals surface area (Å²) in [6.45, 7) is 3.56. The van der Waals surface area contributed by atoms with Crippen molar-refractivity contribution < 1.29 is 14.4 Å². The quantitative estimate of drug-likeness (QED) is 0.651. The van der Waals surface area contributed by atoms with E-state index in [2.05, 4.69) is 27.7 Å². The molecule has 4 aliphatic rings. The highest BCUT2D eigenvalue weighted by Gasteiger charge is 2.58. The normalized spacial score (nSPS) is 31.4. The zero-order chi connectivity index (χ0) is 17.7. The van der Waals surface area contributed by atoms with Crippen molar-refractivity contribution in [2.75, 3.05) is 5.32 Å². The lowest BCUT2D eigenvalue weighted by Crippen LogP contribution is -2.46. The van der Waals surface area contributed by atoms with Crippen LogP contribution in [0, 0.1) is 23.7 Å². The van der Waals surface area contributed by atoms with Gasteiger partial charge in [-0.2, -0.15) is 0 Å². The van der Waals surface area contributed by atoms with Crippen LogP contribution in [0.5, 0.6) is 0 Å². The van der Waals surface area contributed by atoms with Gasteiger partial charge in [0.25, 0.3) is 0 Å². The molecule has 8 heteroatoms. The smallest absolute Gasteiger partial charge is 0.249 e. The maximum absolute atomic E-state index is 12.9. The van der Waals surface area contributed by atoms with Crippen LogP contribution in [0.4, 0.5) is 5.13 Å². The number of aryl methyl sites for hydroxylation is 1. The number of rotatable bonds is 4. The summed E-state index contributed by atoms with van der Waals surface area (Å²) in [6, 6.07) is -0.848. The zero-order valence-electron chi connectivity index (χ0n) is 14.1. The van der Waals surface area contributed by atoms with E-state index in [4.69, 9.17) is 0 Å². The number of nitrogens with zero attached hydrogens (tertiary/aromatic N) is 3. The largest absolute Gasteiger partial charge is 0.299 e. The third-order valence-electron chi connectivity index (χ3n) is 5.56. The van der Waals surface area contributed by atoms with Crippen LogP contribution in [0.2, 0.25) is 0 Å². The average Bonchev–Trinajstić information content (AvgIpc) is 3.19. The first-order valence-corrected chi connectivity index (χ1v) is 9.51. The summed E-state index contributed by atoms with van der Waals surface area (Å²) in [5, 5.41) is 11.8. The summed E-state index contributed by atoms with van der Waals surface area (Å²) in [6.07, 6.45) is 6.77. The number of fused-ring (bicyclic) bond motifs is 1. The lowest BCUT2D eigenvalue weighted by molar-refractivity contribution is -0.146. The Hall–Kier alpha value is -2.09. The van der Waals surface area contributed by atoms with Gasteiger partial charge < -0.3 is 0 Å². The first kappa shape index (κ1) is 16.4. The summed E-state index contributed by atoms with van der Waals surface area (Å²) in [5.74, 6) is -1.14. The van der Waals surface area contributed by atoms with Gasteiger partial charge in [0.05, 0.1) is 11.8 Å². The summed E-state index contributed by atoms with van der Waals surface area (Å²) in [7, 11) is 0. The van der Waals surface area contributed by atoms with Gasteiger partial charge in [0.1, 0.15) is 11.0 Å². The van der Waals surface area contributed by atoms with E-state index in [1.807, 2.05) is 6.92 Å². The number of hydrogen-bond donors (Lipinski definition) is 1. The molecule has 1 aromatic heterocycles. The predicted octanol–water partition coefficient (Wildman–Crippen LogP) is 1.62. The number of allylic oxidation sites excluding steroid dienone is 2. The Morgan fingerprint density at radius 2 is 1.84 bits per heavy atom. The monoisotopic (exact) mass is 360 g/mol. The Morgan fingerprint density at radius 3 is 2.32 bits per heavy atom. The van der Waals surface area contributed by atoms with E-state index in [9.17, 15) is 14.4 Å². The minimum Gasteiger partial charge on any atom is -0.299 e. The third-order valence-corrected chi connectivity index (χ3v) is 6.54. The van der Waals surface area contributed by atoms with E-state index in [0.29, 0.717) is 5.13 Å². The van der Waals surface area contributed by atoms with Crippen molar-refractivity contribution in [1.29, 1.82) is 0 Å². The third kappa shape index (κ3) is 2.50. The van der Waals surface area contributed by atoms with E-state index in [-0.39, 0.29) is 35.5 Å². The van der Waals surface area contributed by atoms with E-state index < -0.39 is 11.9 Å². The second kappa shape index (κ2) is 6.01. The van der Waals surface area contributed by atoms with Crippen molar-refractivity contribution in [3.63, 3.8) is 0 Å². The number of nitrogens with one attached hydrogen (secondary N) is 1. The molecule has 2 fully saturated rings. The van der Waals surface area contributed by atoms with E-state index in [1.165, 1.54) is 16.2 Å². The van der Waals surface area contributed by atoms with Gasteiger partial charge in [0.2, 0.25) is 22.9 Å². The molecule has 25 heavy (non-hydrogen) atoms. The summed E-state index contributed by atoms with van der Waals surface area (Å²) in [5.41, 5.74) is 0. The van der Waals surface area contributed by atoms with Crippen molar-refractivity contribution in [2.45, 2.75) is 39.2 Å². The van der Waals surface area contributed by atoms with Crippen LogP contribution in [0.3, 0.4) is 0 Å². The van der Waals surface area contributed by atoms with Crippen LogP contribution in [-0.4, -0.2) is 38.9 Å². The second-order valence-electron chi connectivity index (χ2n) is 6.91. The fourth-order valence-corrected chi connectivity index (χ4v) is 4.94. The molecule has 7 nitrogen and oxygen atoms in total. The Labute approximate surface area is 149 Å². The van der Waals surface area contributed by atoms with Crippen LogP contribution in [0.1, 0.15) is 31.7 Å². The van der Waals surface area contributed by atoms with Crippen molar-refractivity contribution in [3.8, 4) is 0 Å². The molecule has 1 saturated heterocycles. The molecule has 132 valence electrons. The molecule has 0 spiro atoms. The molecule has 3 aliphatic carbocycles. The molecule has 0 aromatic carbocycles. The van der Waals surface area contributed by atoms with Gasteiger partial charge in [-0.3, -0.25) is 24.6 Å². The molecule has 1 aromatic rings. The molecule has 1 aliphatic heterocycles. The molecule has 2 bridgehead atoms. The Bertz CT molecular complexity index is 742. The molecular weight excluding hydrogens is 340 g/mol. The first-order chi connectivity index (χ1) is 12.0. The number of amides is 3. The molecule has 3 amide bonds. The number of aromatic nitrogens is 2. The lowest BCUT2D eigenvalue weighted by Gasteiger charge is -2.38. The molecule has 2 heterocycles. The summed E-state index contributed by atoms with van der Waals surface area (Å²) >= 11 is 1.30. The van der Waals surface area contributed by atoms with E-state index >= 15 is 0 Å². The van der Waals surface area contributed by atoms with E-state index in [0.717, 1.165) is 24.3 Å². The van der Waals surface area contributed by atoms with Crippen LogP contribution in [0.25, 0.3) is 0 Å². The minimum atomic E-state index is -0.848. The topological polar surface area (TPSA) is 92.3 Å². The van der Waals surface area contributed by atoms with Crippen LogP contribution >= 0.6 is 11.3 Å². The minimum absolute atomic E-state index is 0.127. The average molecular weight is 360 g/mol. The standard InChI is InChI=1S/C17H20N4O3S/c1-3-11-19-20-17(25-11)18-14(22)8(2)21-15(23)12-9-4-5-10(7-6-9)13(12)16(21)24/h4-5,8-10,12-13H,3,6-7H2,1-2H3,(H,18,20,22)/t8-,9-,10-,12-,13+/m0/s1. The maximum Gasteiger partial charge on any atom is 0.249 e. The SMILES string of the molecule is CCc1nnc(NC(=O)[C@H](C)N2C(=O)[C@@H]3[C@H](C2=O)[C@H]2C=C[C@H]3CC2)s1. The number of hydrogen-bond acceptors (Lipinski definition) is 6. The van der Waals surface area contributed by atoms with Crippen molar-refractivity contribution in [1.82, 2.24) is 15.1 Å². The van der Waals surface area contributed by atoms with Crippen molar-refractivity contribution >= 4 is 34.2 Å². The number of imide groups is 1. The van der Waals surface area contributed by atoms with Crippen molar-refractivity contribution in [3.05, 3.63) is 17.2 Å². The van der Waals surface area contributed by atoms with Crippen molar-refractivity contribution in [2.24, 2.45) is 23.7 Å². The molecule has 5 rings (SSSR count). The van der Waals surface area contributed by atoms with Gasteiger partial charge in [-0.05, 0) is 38.0 Å². The number of carbonyl (C=O) groups excluding carboxylic acids is 3. The molecular formula is C17H20N4O3S. The highest BCUT2D eigenvalue weighted by atomic mass is 32.1. The number of carbonyl (C=O) groups is 3. The van der Waals surface area contributed by atoms with Crippen LogP contribution in [-0.2, 0) is 20.8 Å². The van der Waals surface area contributed by atoms with Gasteiger partial charge in [0.15, 0.2) is 0 Å². The summed E-state index contributed by atoms with van der Waals surface area (Å²) < 4.78 is 0. The highest BCUT2D eigenvalue weighted by molar-refractivity contribution is 7.15. The van der Waals surface area contributed by atoms with Gasteiger partial charge >= 0.3 is 0 Å². The molecule has 1 saturated carbocycles.